The summed E-state index contributed by atoms with van der Waals surface area (Å²) in [6.07, 6.45) is 7.71. The predicted molar refractivity (Wildman–Crippen MR) is 116 cm³/mol. The van der Waals surface area contributed by atoms with Crippen molar-refractivity contribution in [2.24, 2.45) is 5.10 Å². The number of rotatable bonds is 5. The molecule has 1 saturated heterocycles. The molecule has 0 bridgehead atoms. The second-order valence-corrected chi connectivity index (χ2v) is 7.31. The van der Waals surface area contributed by atoms with Crippen molar-refractivity contribution in [2.45, 2.75) is 26.7 Å². The highest BCUT2D eigenvalue weighted by Gasteiger charge is 2.13. The number of hydrazone groups is 1. The third-order valence-electron chi connectivity index (χ3n) is 5.36. The summed E-state index contributed by atoms with van der Waals surface area (Å²) in [5.41, 5.74) is 8.57. The number of carbonyl (C=O) groups excluding carboxylic acids is 1. The van der Waals surface area contributed by atoms with E-state index >= 15 is 0 Å². The molecule has 6 heteroatoms. The van der Waals surface area contributed by atoms with Crippen LogP contribution in [0.25, 0.3) is 5.69 Å². The van der Waals surface area contributed by atoms with Gasteiger partial charge < -0.3 is 9.47 Å². The lowest BCUT2D eigenvalue weighted by Crippen LogP contribution is -2.19. The third-order valence-corrected chi connectivity index (χ3v) is 5.36. The summed E-state index contributed by atoms with van der Waals surface area (Å²) in [4.78, 5) is 18.8. The van der Waals surface area contributed by atoms with Gasteiger partial charge in [0.1, 0.15) is 0 Å². The number of amides is 1. The highest BCUT2D eigenvalue weighted by molar-refractivity contribution is 5.95. The minimum Gasteiger partial charge on any atom is -0.372 e. The van der Waals surface area contributed by atoms with Crippen LogP contribution in [0.3, 0.4) is 0 Å². The Bertz CT molecular complexity index is 1020. The Morgan fingerprint density at radius 1 is 1.03 bits per heavy atom. The average molecular weight is 387 g/mol. The second-order valence-electron chi connectivity index (χ2n) is 7.31. The van der Waals surface area contributed by atoms with Crippen LogP contribution in [-0.4, -0.2) is 34.8 Å². The van der Waals surface area contributed by atoms with Crippen molar-refractivity contribution in [2.75, 3.05) is 18.0 Å². The van der Waals surface area contributed by atoms with Gasteiger partial charge in [-0.3, -0.25) is 9.78 Å². The maximum atomic E-state index is 12.4. The number of nitrogens with one attached hydrogen (secondary N) is 1. The zero-order valence-corrected chi connectivity index (χ0v) is 16.8. The monoisotopic (exact) mass is 387 g/mol. The zero-order valence-electron chi connectivity index (χ0n) is 16.8. The molecule has 1 amide bonds. The van der Waals surface area contributed by atoms with Crippen molar-refractivity contribution in [3.63, 3.8) is 0 Å². The summed E-state index contributed by atoms with van der Waals surface area (Å²) in [6, 6.07) is 13.7. The van der Waals surface area contributed by atoms with E-state index < -0.39 is 0 Å². The summed E-state index contributed by atoms with van der Waals surface area (Å²) in [6.45, 7) is 6.26. The summed E-state index contributed by atoms with van der Waals surface area (Å²) in [5, 5.41) is 4.17. The molecular weight excluding hydrogens is 362 g/mol. The van der Waals surface area contributed by atoms with Gasteiger partial charge in [0.15, 0.2) is 0 Å². The highest BCUT2D eigenvalue weighted by Crippen LogP contribution is 2.21. The molecule has 0 radical (unpaired) electrons. The van der Waals surface area contributed by atoms with Gasteiger partial charge in [0, 0.05) is 59.4 Å². The molecule has 1 aliphatic rings. The Hall–Kier alpha value is -3.41. The zero-order chi connectivity index (χ0) is 20.2. The summed E-state index contributed by atoms with van der Waals surface area (Å²) >= 11 is 0. The molecule has 1 N–H and O–H groups in total. The van der Waals surface area contributed by atoms with Crippen LogP contribution in [0.1, 0.15) is 40.2 Å². The molecule has 4 rings (SSSR count). The van der Waals surface area contributed by atoms with Crippen LogP contribution >= 0.6 is 0 Å². The average Bonchev–Trinajstić information content (AvgIpc) is 3.37. The molecule has 0 spiro atoms. The van der Waals surface area contributed by atoms with Gasteiger partial charge >= 0.3 is 0 Å². The molecule has 0 aliphatic carbocycles. The van der Waals surface area contributed by atoms with Crippen LogP contribution in [0.15, 0.2) is 60.0 Å². The number of benzene rings is 1. The van der Waals surface area contributed by atoms with E-state index in [0.29, 0.717) is 5.56 Å². The second kappa shape index (κ2) is 8.31. The molecule has 0 unspecified atom stereocenters. The Labute approximate surface area is 170 Å². The van der Waals surface area contributed by atoms with E-state index in [1.165, 1.54) is 18.5 Å². The molecule has 6 nitrogen and oxygen atoms in total. The van der Waals surface area contributed by atoms with Gasteiger partial charge in [-0.05, 0) is 69.2 Å². The largest absolute Gasteiger partial charge is 0.372 e. The van der Waals surface area contributed by atoms with Gasteiger partial charge in [-0.15, -0.1) is 0 Å². The fourth-order valence-corrected chi connectivity index (χ4v) is 3.83. The SMILES string of the molecule is Cc1cc(/C=N\NC(=O)c2ccc(N3CCCC3)cc2)c(C)n1-c1ccncc1. The van der Waals surface area contributed by atoms with Crippen LogP contribution in [0.2, 0.25) is 0 Å². The van der Waals surface area contributed by atoms with Gasteiger partial charge in [0.05, 0.1) is 6.21 Å². The number of hydrogen-bond donors (Lipinski definition) is 1. The van der Waals surface area contributed by atoms with Gasteiger partial charge in [0.25, 0.3) is 5.91 Å². The van der Waals surface area contributed by atoms with E-state index in [9.17, 15) is 4.79 Å². The van der Waals surface area contributed by atoms with Crippen molar-refractivity contribution < 1.29 is 4.79 Å². The van der Waals surface area contributed by atoms with Crippen molar-refractivity contribution in [1.29, 1.82) is 0 Å². The van der Waals surface area contributed by atoms with E-state index in [2.05, 4.69) is 31.0 Å². The predicted octanol–water partition coefficient (Wildman–Crippen LogP) is 3.85. The molecule has 29 heavy (non-hydrogen) atoms. The van der Waals surface area contributed by atoms with E-state index in [1.807, 2.05) is 50.2 Å². The molecule has 3 heterocycles. The Morgan fingerprint density at radius 2 is 1.72 bits per heavy atom. The van der Waals surface area contributed by atoms with Crippen molar-refractivity contribution in [3.8, 4) is 5.69 Å². The number of carbonyl (C=O) groups is 1. The van der Waals surface area contributed by atoms with Crippen LogP contribution in [0.5, 0.6) is 0 Å². The van der Waals surface area contributed by atoms with E-state index in [-0.39, 0.29) is 5.91 Å². The third kappa shape index (κ3) is 4.06. The van der Waals surface area contributed by atoms with E-state index in [4.69, 9.17) is 0 Å². The molecule has 2 aromatic heterocycles. The summed E-state index contributed by atoms with van der Waals surface area (Å²) in [7, 11) is 0. The first kappa shape index (κ1) is 18.9. The molecule has 1 aromatic carbocycles. The van der Waals surface area contributed by atoms with Crippen LogP contribution < -0.4 is 10.3 Å². The number of pyridine rings is 1. The fourth-order valence-electron chi connectivity index (χ4n) is 3.83. The van der Waals surface area contributed by atoms with Gasteiger partial charge in [-0.1, -0.05) is 0 Å². The first-order valence-electron chi connectivity index (χ1n) is 9.91. The molecule has 0 atom stereocenters. The topological polar surface area (TPSA) is 62.5 Å². The van der Waals surface area contributed by atoms with Crippen molar-refractivity contribution >= 4 is 17.8 Å². The van der Waals surface area contributed by atoms with Gasteiger partial charge in [-0.2, -0.15) is 5.10 Å². The van der Waals surface area contributed by atoms with Crippen molar-refractivity contribution in [1.82, 2.24) is 15.0 Å². The maximum absolute atomic E-state index is 12.4. The maximum Gasteiger partial charge on any atom is 0.271 e. The van der Waals surface area contributed by atoms with E-state index in [0.717, 1.165) is 35.7 Å². The normalized spacial score (nSPS) is 13.9. The van der Waals surface area contributed by atoms with Gasteiger partial charge in [-0.25, -0.2) is 5.43 Å². The minimum absolute atomic E-state index is 0.211. The minimum atomic E-state index is -0.211. The molecule has 1 aliphatic heterocycles. The number of aryl methyl sites for hydroxylation is 1. The van der Waals surface area contributed by atoms with Crippen LogP contribution in [-0.2, 0) is 0 Å². The lowest BCUT2D eigenvalue weighted by atomic mass is 10.2. The standard InChI is InChI=1S/C23H25N5O/c1-17-15-20(18(2)28(17)22-9-11-24-12-10-22)16-25-26-23(29)19-5-7-21(8-6-19)27-13-3-4-14-27/h5-12,15-16H,3-4,13-14H2,1-2H3,(H,26,29)/b25-16-. The number of hydrogen-bond acceptors (Lipinski definition) is 4. The van der Waals surface area contributed by atoms with Crippen LogP contribution in [0, 0.1) is 13.8 Å². The Kier molecular flexibility index (Phi) is 5.42. The number of nitrogens with zero attached hydrogens (tertiary/aromatic N) is 4. The number of anilines is 1. The molecule has 3 aromatic rings. The lowest BCUT2D eigenvalue weighted by Gasteiger charge is -2.17. The summed E-state index contributed by atoms with van der Waals surface area (Å²) < 4.78 is 2.14. The molecule has 148 valence electrons. The Balaban J connectivity index is 1.43. The lowest BCUT2D eigenvalue weighted by molar-refractivity contribution is 0.0955. The quantitative estimate of drug-likeness (QED) is 0.534. The first-order valence-corrected chi connectivity index (χ1v) is 9.91. The van der Waals surface area contributed by atoms with Crippen LogP contribution in [0.4, 0.5) is 5.69 Å². The first-order chi connectivity index (χ1) is 14.1. The molecule has 1 fully saturated rings. The van der Waals surface area contributed by atoms with E-state index in [1.54, 1.807) is 18.6 Å². The summed E-state index contributed by atoms with van der Waals surface area (Å²) in [5.74, 6) is -0.211. The number of aromatic nitrogens is 2. The molecule has 0 saturated carbocycles. The smallest absolute Gasteiger partial charge is 0.271 e. The molecular formula is C23H25N5O. The Morgan fingerprint density at radius 3 is 2.41 bits per heavy atom. The van der Waals surface area contributed by atoms with Gasteiger partial charge in [0.2, 0.25) is 0 Å². The highest BCUT2D eigenvalue weighted by atomic mass is 16.2. The van der Waals surface area contributed by atoms with Crippen molar-refractivity contribution in [3.05, 3.63) is 77.4 Å². The fraction of sp³-hybridized carbons (Fsp3) is 0.261.